The Bertz CT molecular complexity index is 707. The smallest absolute Gasteiger partial charge is 0.139 e. The lowest BCUT2D eigenvalue weighted by atomic mass is 9.47. The van der Waals surface area contributed by atoms with Crippen LogP contribution in [0.5, 0.6) is 0 Å². The van der Waals surface area contributed by atoms with E-state index < -0.39 is 0 Å². The molecular weight excluding hydrogens is 348 g/mol. The van der Waals surface area contributed by atoms with Gasteiger partial charge in [-0.05, 0) is 93.6 Å². The number of carbonyl (C=O) groups excluding carboxylic acids is 1. The molecule has 0 radical (unpaired) electrons. The van der Waals surface area contributed by atoms with Gasteiger partial charge in [-0.1, -0.05) is 24.6 Å². The number of nitrogens with one attached hydrogen (secondary N) is 1. The molecule has 5 rings (SSSR count). The Morgan fingerprint density at radius 3 is 2.71 bits per heavy atom. The van der Waals surface area contributed by atoms with Crippen molar-refractivity contribution in [3.8, 4) is 0 Å². The number of oxime groups is 1. The van der Waals surface area contributed by atoms with Crippen molar-refractivity contribution >= 4 is 11.5 Å². The van der Waals surface area contributed by atoms with Crippen molar-refractivity contribution < 1.29 is 9.63 Å². The summed E-state index contributed by atoms with van der Waals surface area (Å²) >= 11 is 0. The number of allylic oxidation sites excluding steroid dienone is 2. The second-order valence-electron chi connectivity index (χ2n) is 10.6. The highest BCUT2D eigenvalue weighted by atomic mass is 16.6. The quantitative estimate of drug-likeness (QED) is 0.706. The molecule has 6 atom stereocenters. The molecule has 4 fully saturated rings. The van der Waals surface area contributed by atoms with E-state index in [4.69, 9.17) is 4.84 Å². The molecule has 4 nitrogen and oxygen atoms in total. The van der Waals surface area contributed by atoms with Crippen LogP contribution in [0.2, 0.25) is 0 Å². The summed E-state index contributed by atoms with van der Waals surface area (Å²) in [4.78, 5) is 18.4. The number of piperidine rings is 1. The average Bonchev–Trinajstić information content (AvgIpc) is 3.02. The van der Waals surface area contributed by atoms with E-state index >= 15 is 0 Å². The summed E-state index contributed by atoms with van der Waals surface area (Å²) in [5, 5.41) is 7.96. The van der Waals surface area contributed by atoms with E-state index in [9.17, 15) is 4.79 Å². The van der Waals surface area contributed by atoms with Crippen LogP contribution in [0.4, 0.5) is 0 Å². The zero-order valence-corrected chi connectivity index (χ0v) is 17.6. The normalized spacial score (nSPS) is 47.1. The van der Waals surface area contributed by atoms with Crippen LogP contribution in [0.15, 0.2) is 16.8 Å². The summed E-state index contributed by atoms with van der Waals surface area (Å²) in [6, 6.07) is 0. The van der Waals surface area contributed by atoms with Crippen molar-refractivity contribution in [2.24, 2.45) is 33.7 Å². The van der Waals surface area contributed by atoms with Crippen molar-refractivity contribution in [2.45, 2.75) is 84.2 Å². The fraction of sp³-hybridized carbons (Fsp3) is 0.833. The van der Waals surface area contributed by atoms with Crippen molar-refractivity contribution in [1.82, 2.24) is 5.32 Å². The summed E-state index contributed by atoms with van der Waals surface area (Å²) in [6.07, 6.45) is 13.9. The summed E-state index contributed by atoms with van der Waals surface area (Å²) < 4.78 is 0. The first-order valence-electron chi connectivity index (χ1n) is 11.7. The molecule has 0 amide bonds. The predicted molar refractivity (Wildman–Crippen MR) is 111 cm³/mol. The molecular formula is C24H36N2O2. The molecule has 0 spiro atoms. The highest BCUT2D eigenvalue weighted by Gasteiger charge is 2.58. The number of rotatable bonds is 2. The zero-order valence-electron chi connectivity index (χ0n) is 17.6. The SMILES string of the molecule is C[C@]12CC/C(=N\OC3CCCNC3)C=C1CCC1C2CC[C@]2(C)C(=O)CCC12. The Balaban J connectivity index is 1.33. The largest absolute Gasteiger partial charge is 0.391 e. The minimum Gasteiger partial charge on any atom is -0.391 e. The first-order valence-corrected chi connectivity index (χ1v) is 11.7. The van der Waals surface area contributed by atoms with Crippen molar-refractivity contribution in [3.63, 3.8) is 0 Å². The molecule has 0 aromatic heterocycles. The molecule has 0 aromatic rings. The summed E-state index contributed by atoms with van der Waals surface area (Å²) in [6.45, 7) is 6.82. The molecule has 0 bridgehead atoms. The topological polar surface area (TPSA) is 50.7 Å². The van der Waals surface area contributed by atoms with E-state index in [-0.39, 0.29) is 11.5 Å². The van der Waals surface area contributed by atoms with Crippen LogP contribution in [0, 0.1) is 28.6 Å². The van der Waals surface area contributed by atoms with E-state index in [1.807, 2.05) is 0 Å². The monoisotopic (exact) mass is 384 g/mol. The first-order chi connectivity index (χ1) is 13.5. The second kappa shape index (κ2) is 6.97. The van der Waals surface area contributed by atoms with Crippen molar-refractivity contribution in [3.05, 3.63) is 11.6 Å². The molecule has 3 saturated carbocycles. The number of hydrogen-bond donors (Lipinski definition) is 1. The van der Waals surface area contributed by atoms with Gasteiger partial charge < -0.3 is 10.2 Å². The van der Waals surface area contributed by atoms with Gasteiger partial charge >= 0.3 is 0 Å². The van der Waals surface area contributed by atoms with Gasteiger partial charge in [0.1, 0.15) is 11.9 Å². The number of nitrogens with zero attached hydrogens (tertiary/aromatic N) is 1. The molecule has 1 aliphatic heterocycles. The summed E-state index contributed by atoms with van der Waals surface area (Å²) in [5.74, 6) is 2.68. The second-order valence-corrected chi connectivity index (χ2v) is 10.6. The van der Waals surface area contributed by atoms with Gasteiger partial charge in [-0.3, -0.25) is 4.79 Å². The van der Waals surface area contributed by atoms with E-state index in [1.165, 1.54) is 32.1 Å². The maximum absolute atomic E-state index is 12.6. The molecule has 28 heavy (non-hydrogen) atoms. The zero-order chi connectivity index (χ0) is 19.4. The standard InChI is InChI=1S/C24H36N2O2/c1-23-11-9-17(26-28-18-4-3-13-25-15-18)14-16(23)5-6-19-20-7-8-22(27)24(20,2)12-10-21(19)23/h14,18-21,25H,3-13,15H2,1-2H3/b26-17+/t18?,19?,20?,21?,23-,24-/m0/s1. The van der Waals surface area contributed by atoms with Gasteiger partial charge in [0.2, 0.25) is 0 Å². The highest BCUT2D eigenvalue weighted by molar-refractivity contribution is 5.96. The molecule has 5 aliphatic rings. The van der Waals surface area contributed by atoms with Gasteiger partial charge in [-0.2, -0.15) is 0 Å². The molecule has 4 heteroatoms. The molecule has 4 aliphatic carbocycles. The van der Waals surface area contributed by atoms with E-state index in [1.54, 1.807) is 5.57 Å². The van der Waals surface area contributed by atoms with Gasteiger partial charge in [-0.25, -0.2) is 0 Å². The van der Waals surface area contributed by atoms with Crippen molar-refractivity contribution in [1.29, 1.82) is 0 Å². The van der Waals surface area contributed by atoms with Crippen LogP contribution in [0.1, 0.15) is 78.1 Å². The Morgan fingerprint density at radius 2 is 1.89 bits per heavy atom. The van der Waals surface area contributed by atoms with Gasteiger partial charge in [-0.15, -0.1) is 0 Å². The van der Waals surface area contributed by atoms with Gasteiger partial charge in [0.25, 0.3) is 0 Å². The maximum Gasteiger partial charge on any atom is 0.139 e. The van der Waals surface area contributed by atoms with Crippen LogP contribution in [0.3, 0.4) is 0 Å². The molecule has 4 unspecified atom stereocenters. The lowest BCUT2D eigenvalue weighted by Gasteiger charge is -2.57. The third kappa shape index (κ3) is 2.89. The fourth-order valence-corrected chi connectivity index (χ4v) is 7.47. The number of carbonyl (C=O) groups is 1. The Labute approximate surface area is 169 Å². The highest BCUT2D eigenvalue weighted by Crippen LogP contribution is 2.64. The minimum absolute atomic E-state index is 0.0120. The third-order valence-corrected chi connectivity index (χ3v) is 9.26. The van der Waals surface area contributed by atoms with E-state index in [2.05, 4.69) is 30.4 Å². The maximum atomic E-state index is 12.6. The van der Waals surface area contributed by atoms with Crippen LogP contribution < -0.4 is 5.32 Å². The van der Waals surface area contributed by atoms with Crippen LogP contribution in [-0.4, -0.2) is 30.7 Å². The lowest BCUT2D eigenvalue weighted by Crippen LogP contribution is -2.50. The van der Waals surface area contributed by atoms with E-state index in [0.717, 1.165) is 62.7 Å². The van der Waals surface area contributed by atoms with Crippen LogP contribution >= 0.6 is 0 Å². The Kier molecular flexibility index (Phi) is 4.69. The Morgan fingerprint density at radius 1 is 1.04 bits per heavy atom. The van der Waals surface area contributed by atoms with Crippen molar-refractivity contribution in [2.75, 3.05) is 13.1 Å². The molecule has 1 saturated heterocycles. The molecule has 1 N–H and O–H groups in total. The number of hydrogen-bond acceptors (Lipinski definition) is 4. The Hall–Kier alpha value is -1.16. The van der Waals surface area contributed by atoms with E-state index in [0.29, 0.717) is 17.1 Å². The lowest BCUT2D eigenvalue weighted by molar-refractivity contribution is -0.132. The van der Waals surface area contributed by atoms with Gasteiger partial charge in [0.05, 0.1) is 5.71 Å². The summed E-state index contributed by atoms with van der Waals surface area (Å²) in [7, 11) is 0. The number of ketones is 1. The number of fused-ring (bicyclic) bond motifs is 5. The summed E-state index contributed by atoms with van der Waals surface area (Å²) in [5.41, 5.74) is 3.05. The third-order valence-electron chi connectivity index (χ3n) is 9.26. The molecule has 1 heterocycles. The van der Waals surface area contributed by atoms with Gasteiger partial charge in [0.15, 0.2) is 0 Å². The predicted octanol–water partition coefficient (Wildman–Crippen LogP) is 4.64. The molecule has 154 valence electrons. The van der Waals surface area contributed by atoms with Crippen LogP contribution in [-0.2, 0) is 9.63 Å². The fourth-order valence-electron chi connectivity index (χ4n) is 7.47. The van der Waals surface area contributed by atoms with Gasteiger partial charge in [0, 0.05) is 18.4 Å². The average molecular weight is 385 g/mol. The number of Topliss-reactive ketones (excluding diaryl/α,β-unsaturated/α-hetero) is 1. The van der Waals surface area contributed by atoms with Crippen LogP contribution in [0.25, 0.3) is 0 Å². The minimum atomic E-state index is -0.0120. The first kappa shape index (κ1) is 18.8. The molecule has 0 aromatic carbocycles.